The van der Waals surface area contributed by atoms with Crippen molar-refractivity contribution in [1.29, 1.82) is 0 Å². The molecule has 2 heterocycles. The first kappa shape index (κ1) is 8.50. The van der Waals surface area contributed by atoms with Gasteiger partial charge >= 0.3 is 5.71 Å². The fraction of sp³-hybridized carbons (Fsp3) is 0.375. The van der Waals surface area contributed by atoms with Gasteiger partial charge in [-0.2, -0.15) is 4.98 Å². The summed E-state index contributed by atoms with van der Waals surface area (Å²) in [6, 6.07) is 0. The lowest BCUT2D eigenvalue weighted by atomic mass is 10.3. The Kier molecular flexibility index (Phi) is 1.95. The minimum atomic E-state index is 0.652. The number of aryl methyl sites for hydroxylation is 2. The standard InChI is InChI=1S/C8H10N3OS/c1-5-6-7(12-11(5)2)9-4-10-8(6)13-3/h4H,1-3H3/q+1. The smallest absolute Gasteiger partial charge is 0.229 e. The van der Waals surface area contributed by atoms with Gasteiger partial charge in [-0.25, -0.2) is 9.51 Å². The van der Waals surface area contributed by atoms with Crippen molar-refractivity contribution in [1.82, 2.24) is 9.97 Å². The summed E-state index contributed by atoms with van der Waals surface area (Å²) >= 11 is 1.60. The van der Waals surface area contributed by atoms with Crippen LogP contribution >= 0.6 is 11.8 Å². The van der Waals surface area contributed by atoms with Gasteiger partial charge in [0, 0.05) is 6.92 Å². The van der Waals surface area contributed by atoms with E-state index >= 15 is 0 Å². The van der Waals surface area contributed by atoms with E-state index in [1.54, 1.807) is 16.5 Å². The molecule has 0 amide bonds. The predicted octanol–water partition coefficient (Wildman–Crippen LogP) is 1.08. The Bertz CT molecular complexity index is 452. The summed E-state index contributed by atoms with van der Waals surface area (Å²) in [5, 5.41) is 1.98. The van der Waals surface area contributed by atoms with Crippen molar-refractivity contribution < 1.29 is 9.26 Å². The summed E-state index contributed by atoms with van der Waals surface area (Å²) in [7, 11) is 1.86. The lowest BCUT2D eigenvalue weighted by molar-refractivity contribution is -0.845. The van der Waals surface area contributed by atoms with Gasteiger partial charge in [-0.1, -0.05) is 0 Å². The van der Waals surface area contributed by atoms with Gasteiger partial charge in [0.25, 0.3) is 0 Å². The highest BCUT2D eigenvalue weighted by Crippen LogP contribution is 2.23. The average molecular weight is 196 g/mol. The zero-order valence-corrected chi connectivity index (χ0v) is 8.55. The van der Waals surface area contributed by atoms with E-state index in [0.717, 1.165) is 16.1 Å². The summed E-state index contributed by atoms with van der Waals surface area (Å²) < 4.78 is 7.10. The number of aromatic nitrogens is 3. The van der Waals surface area contributed by atoms with Crippen LogP contribution in [-0.2, 0) is 7.05 Å². The first-order valence-corrected chi connectivity index (χ1v) is 5.11. The third-order valence-corrected chi connectivity index (χ3v) is 2.72. The Labute approximate surface area is 79.9 Å². The van der Waals surface area contributed by atoms with Crippen LogP contribution in [0, 0.1) is 6.92 Å². The molecule has 0 saturated heterocycles. The van der Waals surface area contributed by atoms with Crippen molar-refractivity contribution in [2.45, 2.75) is 11.9 Å². The maximum Gasteiger partial charge on any atom is 0.312 e. The Hall–Kier alpha value is -1.10. The summed E-state index contributed by atoms with van der Waals surface area (Å²) in [4.78, 5) is 8.24. The van der Waals surface area contributed by atoms with Crippen molar-refractivity contribution >= 4 is 22.9 Å². The number of hydrogen-bond donors (Lipinski definition) is 0. The molecule has 4 nitrogen and oxygen atoms in total. The van der Waals surface area contributed by atoms with Crippen molar-refractivity contribution in [3.8, 4) is 0 Å². The zero-order chi connectivity index (χ0) is 9.42. The van der Waals surface area contributed by atoms with Crippen molar-refractivity contribution in [3.05, 3.63) is 12.0 Å². The Morgan fingerprint density at radius 1 is 1.46 bits per heavy atom. The second-order valence-corrected chi connectivity index (χ2v) is 3.53. The second kappa shape index (κ2) is 2.99. The van der Waals surface area contributed by atoms with E-state index in [1.165, 1.54) is 6.33 Å². The Balaban J connectivity index is 2.87. The molecule has 0 radical (unpaired) electrons. The largest absolute Gasteiger partial charge is 0.312 e. The monoisotopic (exact) mass is 196 g/mol. The maximum absolute atomic E-state index is 5.39. The first-order valence-electron chi connectivity index (χ1n) is 3.88. The lowest BCUT2D eigenvalue weighted by Gasteiger charge is -1.91. The summed E-state index contributed by atoms with van der Waals surface area (Å²) in [5.41, 5.74) is 1.71. The van der Waals surface area contributed by atoms with E-state index in [2.05, 4.69) is 9.97 Å². The molecule has 0 aliphatic carbocycles. The van der Waals surface area contributed by atoms with Gasteiger partial charge < -0.3 is 0 Å². The minimum Gasteiger partial charge on any atom is -0.229 e. The van der Waals surface area contributed by atoms with Crippen LogP contribution in [0.3, 0.4) is 0 Å². The molecule has 5 heteroatoms. The summed E-state index contributed by atoms with van der Waals surface area (Å²) in [6.07, 6.45) is 3.52. The SMILES string of the molecule is CSc1ncnc2o[n+](C)c(C)c12. The number of fused-ring (bicyclic) bond motifs is 1. The van der Waals surface area contributed by atoms with Gasteiger partial charge in [0.1, 0.15) is 16.7 Å². The molecular weight excluding hydrogens is 186 g/mol. The van der Waals surface area contributed by atoms with Crippen molar-refractivity contribution in [2.24, 2.45) is 7.05 Å². The molecule has 0 aliphatic rings. The van der Waals surface area contributed by atoms with E-state index < -0.39 is 0 Å². The van der Waals surface area contributed by atoms with Gasteiger partial charge in [-0.3, -0.25) is 0 Å². The third-order valence-electron chi connectivity index (χ3n) is 2.03. The van der Waals surface area contributed by atoms with Gasteiger partial charge in [-0.05, 0) is 11.0 Å². The normalized spacial score (nSPS) is 11.0. The molecular formula is C8H10N3OS+. The molecule has 0 atom stereocenters. The molecule has 0 bridgehead atoms. The quantitative estimate of drug-likeness (QED) is 0.389. The molecule has 0 saturated carbocycles. The van der Waals surface area contributed by atoms with Gasteiger partial charge in [0.2, 0.25) is 5.69 Å². The van der Waals surface area contributed by atoms with Gasteiger partial charge in [0.05, 0.1) is 0 Å². The maximum atomic E-state index is 5.39. The number of nitrogens with zero attached hydrogens (tertiary/aromatic N) is 3. The molecule has 68 valence electrons. The van der Waals surface area contributed by atoms with Crippen LogP contribution in [0.15, 0.2) is 15.9 Å². The second-order valence-electron chi connectivity index (χ2n) is 2.74. The van der Waals surface area contributed by atoms with Crippen LogP contribution in [0.25, 0.3) is 11.1 Å². The molecule has 2 rings (SSSR count). The third kappa shape index (κ3) is 1.19. The van der Waals surface area contributed by atoms with Gasteiger partial charge in [-0.15, -0.1) is 11.8 Å². The molecule has 0 aromatic carbocycles. The highest BCUT2D eigenvalue weighted by molar-refractivity contribution is 7.98. The summed E-state index contributed by atoms with van der Waals surface area (Å²) in [5.74, 6) is 0. The van der Waals surface area contributed by atoms with Crippen LogP contribution in [0.4, 0.5) is 0 Å². The number of rotatable bonds is 1. The van der Waals surface area contributed by atoms with E-state index in [0.29, 0.717) is 5.71 Å². The van der Waals surface area contributed by atoms with Gasteiger partial charge in [0.15, 0.2) is 7.05 Å². The first-order chi connectivity index (χ1) is 6.24. The fourth-order valence-electron chi connectivity index (χ4n) is 1.24. The van der Waals surface area contributed by atoms with E-state index in [9.17, 15) is 0 Å². The number of hydrogen-bond acceptors (Lipinski definition) is 4. The molecule has 0 unspecified atom stereocenters. The van der Waals surface area contributed by atoms with Crippen LogP contribution < -0.4 is 4.74 Å². The molecule has 0 spiro atoms. The molecule has 0 fully saturated rings. The zero-order valence-electron chi connectivity index (χ0n) is 7.74. The topological polar surface area (TPSA) is 42.8 Å². The van der Waals surface area contributed by atoms with E-state index in [4.69, 9.17) is 4.52 Å². The van der Waals surface area contributed by atoms with E-state index in [-0.39, 0.29) is 0 Å². The predicted molar refractivity (Wildman–Crippen MR) is 49.5 cm³/mol. The molecule has 2 aromatic heterocycles. The lowest BCUT2D eigenvalue weighted by Crippen LogP contribution is -2.27. The minimum absolute atomic E-state index is 0.652. The highest BCUT2D eigenvalue weighted by atomic mass is 32.2. The average Bonchev–Trinajstić information content (AvgIpc) is 2.43. The highest BCUT2D eigenvalue weighted by Gasteiger charge is 2.19. The Morgan fingerprint density at radius 2 is 2.23 bits per heavy atom. The fourth-order valence-corrected chi connectivity index (χ4v) is 1.84. The van der Waals surface area contributed by atoms with E-state index in [1.807, 2.05) is 20.2 Å². The van der Waals surface area contributed by atoms with Crippen molar-refractivity contribution in [3.63, 3.8) is 0 Å². The van der Waals surface area contributed by atoms with Crippen LogP contribution in [0.2, 0.25) is 0 Å². The molecule has 0 aliphatic heterocycles. The molecule has 0 N–H and O–H groups in total. The Morgan fingerprint density at radius 3 is 2.92 bits per heavy atom. The number of thioether (sulfide) groups is 1. The molecule has 2 aromatic rings. The summed E-state index contributed by atoms with van der Waals surface area (Å²) in [6.45, 7) is 1.99. The molecule has 13 heavy (non-hydrogen) atoms. The van der Waals surface area contributed by atoms with Crippen molar-refractivity contribution in [2.75, 3.05) is 6.26 Å². The van der Waals surface area contributed by atoms with Crippen LogP contribution in [0.5, 0.6) is 0 Å². The van der Waals surface area contributed by atoms with Crippen LogP contribution in [0.1, 0.15) is 5.69 Å². The van der Waals surface area contributed by atoms with Crippen LogP contribution in [-0.4, -0.2) is 16.2 Å².